The summed E-state index contributed by atoms with van der Waals surface area (Å²) in [7, 11) is 0. The number of nitriles is 1. The Bertz CT molecular complexity index is 525. The fourth-order valence-corrected chi connectivity index (χ4v) is 2.81. The molecule has 0 radical (unpaired) electrons. The second-order valence-corrected chi connectivity index (χ2v) is 4.83. The van der Waals surface area contributed by atoms with Gasteiger partial charge in [-0.25, -0.2) is 0 Å². The van der Waals surface area contributed by atoms with Gasteiger partial charge in [-0.15, -0.1) is 22.9 Å². The summed E-state index contributed by atoms with van der Waals surface area (Å²) in [6.45, 7) is 0. The van der Waals surface area contributed by atoms with Crippen LogP contribution >= 0.6 is 34.5 Å². The Labute approximate surface area is 95.5 Å². The maximum absolute atomic E-state index is 8.80. The molecule has 1 nitrogen and oxygen atoms in total. The summed E-state index contributed by atoms with van der Waals surface area (Å²) in [5, 5.41) is 9.85. The van der Waals surface area contributed by atoms with Gasteiger partial charge in [-0.1, -0.05) is 11.6 Å². The van der Waals surface area contributed by atoms with Crippen molar-refractivity contribution < 1.29 is 0 Å². The van der Waals surface area contributed by atoms with Crippen LogP contribution in [-0.2, 0) is 5.88 Å². The van der Waals surface area contributed by atoms with E-state index in [-0.39, 0.29) is 0 Å². The Hall–Kier alpha value is -0.750. The first kappa shape index (κ1) is 9.79. The average Bonchev–Trinajstić information content (AvgIpc) is 2.56. The van der Waals surface area contributed by atoms with E-state index in [1.54, 1.807) is 6.07 Å². The van der Waals surface area contributed by atoms with Gasteiger partial charge < -0.3 is 0 Å². The van der Waals surface area contributed by atoms with Crippen LogP contribution in [0.4, 0.5) is 0 Å². The highest BCUT2D eigenvalue weighted by molar-refractivity contribution is 7.22. The van der Waals surface area contributed by atoms with Crippen LogP contribution in [-0.4, -0.2) is 0 Å². The lowest BCUT2D eigenvalue weighted by atomic mass is 10.1. The van der Waals surface area contributed by atoms with Crippen LogP contribution in [0.25, 0.3) is 10.1 Å². The third-order valence-corrected chi connectivity index (χ3v) is 3.47. The summed E-state index contributed by atoms with van der Waals surface area (Å²) in [5.41, 5.74) is 1.59. The highest BCUT2D eigenvalue weighted by Gasteiger charge is 2.06. The maximum atomic E-state index is 8.80. The normalized spacial score (nSPS) is 10.4. The second kappa shape index (κ2) is 3.78. The first-order valence-electron chi connectivity index (χ1n) is 3.92. The van der Waals surface area contributed by atoms with Crippen molar-refractivity contribution >= 4 is 44.6 Å². The summed E-state index contributed by atoms with van der Waals surface area (Å²) in [6, 6.07) is 7.64. The molecule has 1 heterocycles. The van der Waals surface area contributed by atoms with Gasteiger partial charge in [0.25, 0.3) is 0 Å². The van der Waals surface area contributed by atoms with Gasteiger partial charge in [0.1, 0.15) is 0 Å². The van der Waals surface area contributed by atoms with Crippen molar-refractivity contribution in [3.63, 3.8) is 0 Å². The fourth-order valence-electron chi connectivity index (χ4n) is 1.36. The van der Waals surface area contributed by atoms with Crippen LogP contribution in [0.2, 0.25) is 4.34 Å². The summed E-state index contributed by atoms with van der Waals surface area (Å²) < 4.78 is 1.74. The van der Waals surface area contributed by atoms with Crippen molar-refractivity contribution in [1.82, 2.24) is 0 Å². The van der Waals surface area contributed by atoms with Crippen molar-refractivity contribution in [2.24, 2.45) is 0 Å². The molecule has 0 N–H and O–H groups in total. The number of rotatable bonds is 1. The second-order valence-electron chi connectivity index (χ2n) is 2.84. The molecule has 2 rings (SSSR count). The number of benzene rings is 1. The van der Waals surface area contributed by atoms with E-state index in [1.165, 1.54) is 11.3 Å². The molecule has 0 unspecified atom stereocenters. The summed E-state index contributed by atoms with van der Waals surface area (Å²) in [5.74, 6) is 0.402. The molecule has 1 aromatic heterocycles. The molecule has 0 aliphatic carbocycles. The van der Waals surface area contributed by atoms with Crippen LogP contribution < -0.4 is 0 Å². The van der Waals surface area contributed by atoms with Gasteiger partial charge in [0, 0.05) is 10.6 Å². The van der Waals surface area contributed by atoms with Crippen LogP contribution in [0.15, 0.2) is 18.2 Å². The van der Waals surface area contributed by atoms with E-state index in [1.807, 2.05) is 12.1 Å². The molecule has 0 spiro atoms. The van der Waals surface area contributed by atoms with E-state index < -0.39 is 0 Å². The van der Waals surface area contributed by atoms with Crippen molar-refractivity contribution in [3.05, 3.63) is 33.7 Å². The highest BCUT2D eigenvalue weighted by Crippen LogP contribution is 2.33. The smallest absolute Gasteiger partial charge is 0.0992 e. The number of halogens is 2. The zero-order valence-corrected chi connectivity index (χ0v) is 9.38. The standard InChI is InChI=1S/C10H5Cl2NS/c11-4-7-1-6(5-13)2-9-8(7)3-10(12)14-9/h1-3H,4H2. The Kier molecular flexibility index (Phi) is 2.64. The molecule has 0 aliphatic heterocycles. The van der Waals surface area contributed by atoms with Gasteiger partial charge in [0.15, 0.2) is 0 Å². The third kappa shape index (κ3) is 1.59. The van der Waals surface area contributed by atoms with Crippen molar-refractivity contribution in [2.75, 3.05) is 0 Å². The Morgan fingerprint density at radius 3 is 2.79 bits per heavy atom. The molecule has 0 aliphatic rings. The predicted octanol–water partition coefficient (Wildman–Crippen LogP) is 4.17. The number of hydrogen-bond acceptors (Lipinski definition) is 2. The molecule has 70 valence electrons. The molecule has 14 heavy (non-hydrogen) atoms. The lowest BCUT2D eigenvalue weighted by Gasteiger charge is -1.98. The van der Waals surface area contributed by atoms with Gasteiger partial charge in [0.05, 0.1) is 16.0 Å². The lowest BCUT2D eigenvalue weighted by molar-refractivity contribution is 1.42. The molecule has 0 atom stereocenters. The van der Waals surface area contributed by atoms with Gasteiger partial charge >= 0.3 is 0 Å². The van der Waals surface area contributed by atoms with E-state index in [4.69, 9.17) is 28.5 Å². The molecule has 0 amide bonds. The largest absolute Gasteiger partial charge is 0.192 e. The summed E-state index contributed by atoms with van der Waals surface area (Å²) in [6.07, 6.45) is 0. The Morgan fingerprint density at radius 2 is 2.14 bits per heavy atom. The minimum atomic E-state index is 0.402. The minimum absolute atomic E-state index is 0.402. The van der Waals surface area contributed by atoms with Crippen LogP contribution in [0.1, 0.15) is 11.1 Å². The van der Waals surface area contributed by atoms with Gasteiger partial charge in [0.2, 0.25) is 0 Å². The van der Waals surface area contributed by atoms with E-state index in [9.17, 15) is 0 Å². The SMILES string of the molecule is N#Cc1cc(CCl)c2cc(Cl)sc2c1. The molecule has 0 fully saturated rings. The van der Waals surface area contributed by atoms with E-state index in [2.05, 4.69) is 6.07 Å². The number of thiophene rings is 1. The quantitative estimate of drug-likeness (QED) is 0.688. The van der Waals surface area contributed by atoms with E-state index >= 15 is 0 Å². The predicted molar refractivity (Wildman–Crippen MR) is 61.1 cm³/mol. The molecule has 1 aromatic carbocycles. The summed E-state index contributed by atoms with van der Waals surface area (Å²) >= 11 is 13.2. The van der Waals surface area contributed by atoms with Crippen LogP contribution in [0, 0.1) is 11.3 Å². The van der Waals surface area contributed by atoms with Crippen LogP contribution in [0.5, 0.6) is 0 Å². The number of alkyl halides is 1. The third-order valence-electron chi connectivity index (χ3n) is 1.97. The van der Waals surface area contributed by atoms with E-state index in [0.29, 0.717) is 11.4 Å². The van der Waals surface area contributed by atoms with Crippen molar-refractivity contribution in [1.29, 1.82) is 5.26 Å². The molecular weight excluding hydrogens is 237 g/mol. The first-order chi connectivity index (χ1) is 6.74. The molecule has 0 saturated carbocycles. The van der Waals surface area contributed by atoms with Gasteiger partial charge in [-0.3, -0.25) is 0 Å². The average molecular weight is 242 g/mol. The minimum Gasteiger partial charge on any atom is -0.192 e. The van der Waals surface area contributed by atoms with Crippen molar-refractivity contribution in [2.45, 2.75) is 5.88 Å². The van der Waals surface area contributed by atoms with Gasteiger partial charge in [-0.05, 0) is 29.1 Å². The monoisotopic (exact) mass is 241 g/mol. The van der Waals surface area contributed by atoms with Crippen molar-refractivity contribution in [3.8, 4) is 6.07 Å². The lowest BCUT2D eigenvalue weighted by Crippen LogP contribution is -1.81. The molecule has 0 bridgehead atoms. The zero-order valence-electron chi connectivity index (χ0n) is 7.05. The molecule has 2 aromatic rings. The number of nitrogens with zero attached hydrogens (tertiary/aromatic N) is 1. The molecular formula is C10H5Cl2NS. The first-order valence-corrected chi connectivity index (χ1v) is 5.65. The van der Waals surface area contributed by atoms with E-state index in [0.717, 1.165) is 20.0 Å². The number of fused-ring (bicyclic) bond motifs is 1. The zero-order chi connectivity index (χ0) is 10.1. The summed E-state index contributed by atoms with van der Waals surface area (Å²) in [4.78, 5) is 0. The van der Waals surface area contributed by atoms with Crippen LogP contribution in [0.3, 0.4) is 0 Å². The Morgan fingerprint density at radius 1 is 1.36 bits per heavy atom. The fraction of sp³-hybridized carbons (Fsp3) is 0.100. The molecule has 0 saturated heterocycles. The molecule has 4 heteroatoms. The number of hydrogen-bond donors (Lipinski definition) is 0. The Balaban J connectivity index is 2.80. The maximum Gasteiger partial charge on any atom is 0.0992 e. The highest BCUT2D eigenvalue weighted by atomic mass is 35.5. The topological polar surface area (TPSA) is 23.8 Å². The van der Waals surface area contributed by atoms with Gasteiger partial charge in [-0.2, -0.15) is 5.26 Å².